The van der Waals surface area contributed by atoms with Crippen molar-refractivity contribution in [3.8, 4) is 0 Å². The van der Waals surface area contributed by atoms with E-state index >= 15 is 0 Å². The molecular weight excluding hydrogens is 326 g/mol. The van der Waals surface area contributed by atoms with Gasteiger partial charge in [-0.3, -0.25) is 0 Å². The van der Waals surface area contributed by atoms with Crippen molar-refractivity contribution in [2.45, 2.75) is 0 Å². The van der Waals surface area contributed by atoms with Crippen LogP contribution in [-0.2, 0) is 0 Å². The molecule has 0 aliphatic rings. The quantitative estimate of drug-likeness (QED) is 0.642. The maximum absolute atomic E-state index is 3.05. The maximum Gasteiger partial charge on any atom is 0.0349 e. The Hall–Kier alpha value is 0.680. The minimum atomic E-state index is 1.14. The van der Waals surface area contributed by atoms with E-state index in [0.29, 0.717) is 0 Å². The van der Waals surface area contributed by atoms with Gasteiger partial charge in [-0.2, -0.15) is 0 Å². The largest absolute Gasteiger partial charge is 0.0526 e. The molecule has 2 radical (unpaired) electrons. The lowest BCUT2D eigenvalue weighted by Gasteiger charge is -1.88. The smallest absolute Gasteiger partial charge is 0.0349 e. The fraction of sp³-hybridized carbons (Fsp3) is 0. The minimum absolute atomic E-state index is 1.14. The first-order chi connectivity index (χ1) is 3.80. The molecule has 0 aliphatic carbocycles. The van der Waals surface area contributed by atoms with Gasteiger partial charge in [-0.1, -0.05) is 12.1 Å². The third kappa shape index (κ3) is 1.58. The molecule has 0 heterocycles. The minimum Gasteiger partial charge on any atom is -0.0526 e. The van der Waals surface area contributed by atoms with E-state index < -0.39 is 0 Å². The van der Waals surface area contributed by atoms with E-state index in [9.17, 15) is 0 Å². The van der Waals surface area contributed by atoms with Crippen LogP contribution in [0.25, 0.3) is 0 Å². The van der Waals surface area contributed by atoms with E-state index in [2.05, 4.69) is 57.3 Å². The molecule has 0 atom stereocenters. The maximum atomic E-state index is 3.05. The van der Waals surface area contributed by atoms with Gasteiger partial charge in [0.25, 0.3) is 0 Å². The summed E-state index contributed by atoms with van der Waals surface area (Å²) in [5, 5.41) is 0. The molecule has 0 bridgehead atoms. The van der Waals surface area contributed by atoms with Gasteiger partial charge in [0, 0.05) is 7.14 Å². The number of hydrogen-bond acceptors (Lipinski definition) is 0. The van der Waals surface area contributed by atoms with Crippen LogP contribution in [0.15, 0.2) is 12.1 Å². The number of hydrogen-bond donors (Lipinski definition) is 0. The molecule has 0 saturated heterocycles. The van der Waals surface area contributed by atoms with Crippen molar-refractivity contribution in [3.05, 3.63) is 31.4 Å². The molecule has 8 heavy (non-hydrogen) atoms. The van der Waals surface area contributed by atoms with Crippen molar-refractivity contribution in [1.82, 2.24) is 0 Å². The Morgan fingerprint density at radius 2 is 1.38 bits per heavy atom. The molecule has 0 spiro atoms. The van der Waals surface area contributed by atoms with E-state index in [1.807, 2.05) is 12.1 Å². The van der Waals surface area contributed by atoms with Crippen LogP contribution >= 0.6 is 45.2 Å². The van der Waals surface area contributed by atoms with Crippen molar-refractivity contribution in [2.75, 3.05) is 0 Å². The van der Waals surface area contributed by atoms with Gasteiger partial charge in [0.1, 0.15) is 0 Å². The Balaban J connectivity index is 3.13. The average Bonchev–Trinajstić information content (AvgIpc) is 1.77. The lowest BCUT2D eigenvalue weighted by molar-refractivity contribution is 1.55. The van der Waals surface area contributed by atoms with Gasteiger partial charge in [0.2, 0.25) is 0 Å². The van der Waals surface area contributed by atoms with E-state index in [1.54, 1.807) is 0 Å². The Morgan fingerprint density at radius 1 is 1.00 bits per heavy atom. The summed E-state index contributed by atoms with van der Waals surface area (Å²) in [7, 11) is 0. The molecule has 2 heteroatoms. The monoisotopic (exact) mass is 328 g/mol. The predicted octanol–water partition coefficient (Wildman–Crippen LogP) is 2.50. The zero-order chi connectivity index (χ0) is 5.98. The van der Waals surface area contributed by atoms with Crippen LogP contribution in [0.3, 0.4) is 0 Å². The van der Waals surface area contributed by atoms with Gasteiger partial charge in [0.15, 0.2) is 0 Å². The Morgan fingerprint density at radius 3 is 1.62 bits per heavy atom. The van der Waals surface area contributed by atoms with Crippen LogP contribution in [0.5, 0.6) is 0 Å². The van der Waals surface area contributed by atoms with Crippen LogP contribution in [0.4, 0.5) is 0 Å². The van der Waals surface area contributed by atoms with Crippen LogP contribution in [0, 0.1) is 19.3 Å². The molecule has 1 rings (SSSR count). The van der Waals surface area contributed by atoms with E-state index in [-0.39, 0.29) is 0 Å². The Bertz CT molecular complexity index is 163. The Labute approximate surface area is 76.0 Å². The first-order valence-electron chi connectivity index (χ1n) is 2.04. The van der Waals surface area contributed by atoms with Crippen molar-refractivity contribution in [3.63, 3.8) is 0 Å². The summed E-state index contributed by atoms with van der Waals surface area (Å²) < 4.78 is 2.29. The number of benzene rings is 1. The summed E-state index contributed by atoms with van der Waals surface area (Å²) in [4.78, 5) is 0. The van der Waals surface area contributed by atoms with Crippen LogP contribution in [-0.4, -0.2) is 0 Å². The molecule has 0 N–H and O–H groups in total. The number of rotatable bonds is 0. The highest BCUT2D eigenvalue weighted by atomic mass is 127. The highest BCUT2D eigenvalue weighted by Gasteiger charge is 1.89. The molecule has 0 aromatic heterocycles. The van der Waals surface area contributed by atoms with Crippen molar-refractivity contribution < 1.29 is 0 Å². The van der Waals surface area contributed by atoms with Gasteiger partial charge in [-0.15, -0.1) is 0 Å². The summed E-state index contributed by atoms with van der Waals surface area (Å²) in [6, 6.07) is 9.82. The fourth-order valence-electron chi connectivity index (χ4n) is 0.356. The standard InChI is InChI=1S/C6H2I2/c7-5-3-1-2-4-6(5)8/h1-2H. The third-order valence-electron chi connectivity index (χ3n) is 0.696. The van der Waals surface area contributed by atoms with Crippen molar-refractivity contribution in [2.24, 2.45) is 0 Å². The third-order valence-corrected chi connectivity index (χ3v) is 3.43. The van der Waals surface area contributed by atoms with E-state index in [4.69, 9.17) is 0 Å². The predicted molar refractivity (Wildman–Crippen MR) is 49.5 cm³/mol. The molecule has 0 saturated carbocycles. The lowest BCUT2D eigenvalue weighted by Crippen LogP contribution is -1.74. The lowest BCUT2D eigenvalue weighted by atomic mass is 10.4. The molecular formula is C6H2I2. The Kier molecular flexibility index (Phi) is 2.55. The molecule has 0 nitrogen and oxygen atoms in total. The van der Waals surface area contributed by atoms with Gasteiger partial charge >= 0.3 is 0 Å². The van der Waals surface area contributed by atoms with Crippen molar-refractivity contribution in [1.29, 1.82) is 0 Å². The highest BCUT2D eigenvalue weighted by Crippen LogP contribution is 2.11. The molecule has 1 aromatic rings. The fourth-order valence-corrected chi connectivity index (χ4v) is 1.03. The molecule has 1 aromatic carbocycles. The zero-order valence-corrected chi connectivity index (χ0v) is 8.23. The first-order valence-corrected chi connectivity index (χ1v) is 4.20. The van der Waals surface area contributed by atoms with Gasteiger partial charge in [-0.05, 0) is 57.3 Å². The molecule has 40 valence electrons. The van der Waals surface area contributed by atoms with Crippen molar-refractivity contribution >= 4 is 45.2 Å². The van der Waals surface area contributed by atoms with E-state index in [0.717, 1.165) is 7.14 Å². The van der Waals surface area contributed by atoms with E-state index in [1.165, 1.54) is 0 Å². The average molecular weight is 328 g/mol. The van der Waals surface area contributed by atoms with Gasteiger partial charge in [0.05, 0.1) is 0 Å². The zero-order valence-electron chi connectivity index (χ0n) is 3.91. The second kappa shape index (κ2) is 3.00. The van der Waals surface area contributed by atoms with Crippen LogP contribution in [0.2, 0.25) is 0 Å². The topological polar surface area (TPSA) is 0 Å². The highest BCUT2D eigenvalue weighted by molar-refractivity contribution is 14.1. The summed E-state index contributed by atoms with van der Waals surface area (Å²) in [5.41, 5.74) is 0. The summed E-state index contributed by atoms with van der Waals surface area (Å²) in [6.07, 6.45) is 0. The van der Waals surface area contributed by atoms with Gasteiger partial charge in [-0.25, -0.2) is 0 Å². The van der Waals surface area contributed by atoms with Crippen LogP contribution < -0.4 is 0 Å². The molecule has 0 aliphatic heterocycles. The second-order valence-corrected chi connectivity index (χ2v) is 3.41. The second-order valence-electron chi connectivity index (χ2n) is 1.25. The van der Waals surface area contributed by atoms with Gasteiger partial charge < -0.3 is 0 Å². The molecule has 0 unspecified atom stereocenters. The molecule has 0 amide bonds. The van der Waals surface area contributed by atoms with Crippen LogP contribution in [0.1, 0.15) is 0 Å². The summed E-state index contributed by atoms with van der Waals surface area (Å²) in [5.74, 6) is 0. The number of halogens is 2. The summed E-state index contributed by atoms with van der Waals surface area (Å²) in [6.45, 7) is 0. The summed E-state index contributed by atoms with van der Waals surface area (Å²) >= 11 is 4.46. The first kappa shape index (κ1) is 6.80. The SMILES string of the molecule is Ic1[c]cc[c]c1I. The molecule has 0 fully saturated rings. The normalized spacial score (nSPS) is 9.25.